The maximum Gasteiger partial charge on any atom is 0.223 e. The van der Waals surface area contributed by atoms with E-state index in [1.807, 2.05) is 19.1 Å². The van der Waals surface area contributed by atoms with Gasteiger partial charge in [0.1, 0.15) is 4.99 Å². The summed E-state index contributed by atoms with van der Waals surface area (Å²) in [7, 11) is 0. The molecule has 0 unspecified atom stereocenters. The van der Waals surface area contributed by atoms with Gasteiger partial charge < -0.3 is 10.5 Å². The number of thiocarbonyl (C=S) groups is 1. The molecule has 16 heavy (non-hydrogen) atoms. The second-order valence-electron chi connectivity index (χ2n) is 4.25. The molecule has 0 amide bonds. The molecule has 0 spiro atoms. The summed E-state index contributed by atoms with van der Waals surface area (Å²) in [4.78, 5) is 4.66. The predicted octanol–water partition coefficient (Wildman–Crippen LogP) is 2.20. The van der Waals surface area contributed by atoms with Crippen LogP contribution in [0.3, 0.4) is 0 Å². The van der Waals surface area contributed by atoms with Crippen LogP contribution in [-0.2, 0) is 0 Å². The number of aromatic nitrogens is 1. The second kappa shape index (κ2) is 4.78. The molecule has 0 radical (unpaired) electrons. The zero-order chi connectivity index (χ0) is 11.5. The van der Waals surface area contributed by atoms with Gasteiger partial charge in [-0.05, 0) is 31.4 Å². The first-order valence-electron chi connectivity index (χ1n) is 5.57. The van der Waals surface area contributed by atoms with E-state index in [1.165, 1.54) is 12.8 Å². The van der Waals surface area contributed by atoms with Crippen LogP contribution in [0.5, 0.6) is 5.88 Å². The molecule has 86 valence electrons. The van der Waals surface area contributed by atoms with Crippen molar-refractivity contribution < 1.29 is 4.74 Å². The smallest absolute Gasteiger partial charge is 0.223 e. The van der Waals surface area contributed by atoms with Crippen molar-refractivity contribution in [3.8, 4) is 5.88 Å². The Kier molecular flexibility index (Phi) is 3.39. The van der Waals surface area contributed by atoms with Gasteiger partial charge in [-0.15, -0.1) is 0 Å². The number of aryl methyl sites for hydroxylation is 1. The molecule has 1 heterocycles. The number of nitrogens with two attached hydrogens (primary N) is 1. The summed E-state index contributed by atoms with van der Waals surface area (Å²) in [6.07, 6.45) is 3.78. The molecule has 4 heteroatoms. The Labute approximate surface area is 101 Å². The van der Waals surface area contributed by atoms with Crippen LogP contribution in [0.2, 0.25) is 0 Å². The van der Waals surface area contributed by atoms with Gasteiger partial charge in [-0.1, -0.05) is 25.1 Å². The lowest BCUT2D eigenvalue weighted by Crippen LogP contribution is -2.13. The first kappa shape index (κ1) is 11.3. The molecule has 0 aliphatic heterocycles. The molecule has 1 fully saturated rings. The van der Waals surface area contributed by atoms with Crippen LogP contribution in [0.4, 0.5) is 0 Å². The first-order chi connectivity index (χ1) is 7.66. The number of hydrogen-bond donors (Lipinski definition) is 1. The fraction of sp³-hybridized carbons (Fsp3) is 0.500. The molecule has 1 aromatic heterocycles. The monoisotopic (exact) mass is 236 g/mol. The van der Waals surface area contributed by atoms with Crippen LogP contribution in [-0.4, -0.2) is 16.6 Å². The predicted molar refractivity (Wildman–Crippen MR) is 67.7 cm³/mol. The molecule has 1 aromatic rings. The maximum atomic E-state index is 5.65. The third-order valence-corrected chi connectivity index (χ3v) is 2.95. The summed E-state index contributed by atoms with van der Waals surface area (Å²) < 4.78 is 5.65. The molecule has 0 bridgehead atoms. The Morgan fingerprint density at radius 2 is 2.31 bits per heavy atom. The van der Waals surface area contributed by atoms with Crippen molar-refractivity contribution in [2.24, 2.45) is 11.7 Å². The van der Waals surface area contributed by atoms with Crippen LogP contribution >= 0.6 is 12.2 Å². The van der Waals surface area contributed by atoms with E-state index in [0.29, 0.717) is 17.5 Å². The van der Waals surface area contributed by atoms with Crippen molar-refractivity contribution in [2.75, 3.05) is 6.61 Å². The zero-order valence-corrected chi connectivity index (χ0v) is 10.2. The minimum absolute atomic E-state index is 0.342. The number of pyridine rings is 1. The highest BCUT2D eigenvalue weighted by Gasteiger charge is 2.21. The minimum Gasteiger partial charge on any atom is -0.477 e. The molecule has 2 N–H and O–H groups in total. The third-order valence-electron chi connectivity index (χ3n) is 2.73. The quantitative estimate of drug-likeness (QED) is 0.796. The summed E-state index contributed by atoms with van der Waals surface area (Å²) in [6, 6.07) is 3.76. The van der Waals surface area contributed by atoms with E-state index >= 15 is 0 Å². The molecule has 0 saturated heterocycles. The van der Waals surface area contributed by atoms with Gasteiger partial charge in [-0.25, -0.2) is 4.98 Å². The molecule has 1 aliphatic rings. The lowest BCUT2D eigenvalue weighted by Gasteiger charge is -2.09. The highest BCUT2D eigenvalue weighted by molar-refractivity contribution is 7.80. The number of ether oxygens (including phenoxy) is 1. The van der Waals surface area contributed by atoms with E-state index in [2.05, 4.69) is 4.98 Å². The van der Waals surface area contributed by atoms with Crippen LogP contribution < -0.4 is 10.5 Å². The van der Waals surface area contributed by atoms with Gasteiger partial charge in [0.2, 0.25) is 5.88 Å². The van der Waals surface area contributed by atoms with E-state index in [4.69, 9.17) is 22.7 Å². The Bertz CT molecular complexity index is 402. The lowest BCUT2D eigenvalue weighted by atomic mass is 10.2. The summed E-state index contributed by atoms with van der Waals surface area (Å²) in [5.41, 5.74) is 7.27. The lowest BCUT2D eigenvalue weighted by molar-refractivity contribution is 0.290. The van der Waals surface area contributed by atoms with Gasteiger partial charge in [0.25, 0.3) is 0 Å². The van der Waals surface area contributed by atoms with E-state index in [0.717, 1.165) is 23.6 Å². The number of hydrogen-bond acceptors (Lipinski definition) is 3. The van der Waals surface area contributed by atoms with Gasteiger partial charge in [-0.3, -0.25) is 0 Å². The molecule has 1 aliphatic carbocycles. The van der Waals surface area contributed by atoms with Crippen molar-refractivity contribution in [1.82, 2.24) is 4.98 Å². The van der Waals surface area contributed by atoms with E-state index in [9.17, 15) is 0 Å². The van der Waals surface area contributed by atoms with Gasteiger partial charge >= 0.3 is 0 Å². The second-order valence-corrected chi connectivity index (χ2v) is 4.69. The van der Waals surface area contributed by atoms with Crippen molar-refractivity contribution >= 4 is 17.2 Å². The topological polar surface area (TPSA) is 48.1 Å². The Morgan fingerprint density at radius 1 is 1.56 bits per heavy atom. The van der Waals surface area contributed by atoms with Gasteiger partial charge in [-0.2, -0.15) is 0 Å². The maximum absolute atomic E-state index is 5.65. The summed E-state index contributed by atoms with van der Waals surface area (Å²) in [5.74, 6) is 1.44. The number of nitrogens with zero attached hydrogens (tertiary/aromatic N) is 1. The standard InChI is InChI=1S/C12H16N2OS/c1-8-2-5-10(11(13)16)12(14-8)15-7-6-9-3-4-9/h2,5,9H,3-4,6-7H2,1H3,(H2,13,16). The van der Waals surface area contributed by atoms with Crippen molar-refractivity contribution in [2.45, 2.75) is 26.2 Å². The summed E-state index contributed by atoms with van der Waals surface area (Å²) >= 11 is 4.96. The largest absolute Gasteiger partial charge is 0.477 e. The van der Waals surface area contributed by atoms with Crippen molar-refractivity contribution in [3.05, 3.63) is 23.4 Å². The third kappa shape index (κ3) is 2.92. The molecular formula is C12H16N2OS. The Balaban J connectivity index is 2.03. The zero-order valence-electron chi connectivity index (χ0n) is 9.40. The van der Waals surface area contributed by atoms with Crippen LogP contribution in [0.15, 0.2) is 12.1 Å². The summed E-state index contributed by atoms with van der Waals surface area (Å²) in [6.45, 7) is 2.63. The fourth-order valence-electron chi connectivity index (χ4n) is 1.56. The molecule has 3 nitrogen and oxygen atoms in total. The average Bonchev–Trinajstić information content (AvgIpc) is 3.01. The van der Waals surface area contributed by atoms with Gasteiger partial charge in [0.15, 0.2) is 0 Å². The van der Waals surface area contributed by atoms with Gasteiger partial charge in [0.05, 0.1) is 12.2 Å². The van der Waals surface area contributed by atoms with Crippen molar-refractivity contribution in [1.29, 1.82) is 0 Å². The van der Waals surface area contributed by atoms with Crippen LogP contribution in [0, 0.1) is 12.8 Å². The van der Waals surface area contributed by atoms with Gasteiger partial charge in [0, 0.05) is 5.69 Å². The highest BCUT2D eigenvalue weighted by atomic mass is 32.1. The average molecular weight is 236 g/mol. The molecule has 0 aromatic carbocycles. The molecule has 0 atom stereocenters. The number of rotatable bonds is 5. The van der Waals surface area contributed by atoms with Crippen LogP contribution in [0.25, 0.3) is 0 Å². The highest BCUT2D eigenvalue weighted by Crippen LogP contribution is 2.32. The SMILES string of the molecule is Cc1ccc(C(N)=S)c(OCCC2CC2)n1. The fourth-order valence-corrected chi connectivity index (χ4v) is 1.71. The van der Waals surface area contributed by atoms with Crippen molar-refractivity contribution in [3.63, 3.8) is 0 Å². The van der Waals surface area contributed by atoms with E-state index in [1.54, 1.807) is 0 Å². The minimum atomic E-state index is 0.342. The summed E-state index contributed by atoms with van der Waals surface area (Å²) in [5, 5.41) is 0. The first-order valence-corrected chi connectivity index (χ1v) is 5.98. The van der Waals surface area contributed by atoms with Crippen LogP contribution in [0.1, 0.15) is 30.5 Å². The Hall–Kier alpha value is -1.16. The molecule has 1 saturated carbocycles. The van der Waals surface area contributed by atoms with E-state index in [-0.39, 0.29) is 0 Å². The molecule has 2 rings (SSSR count). The van der Waals surface area contributed by atoms with E-state index < -0.39 is 0 Å². The Morgan fingerprint density at radius 3 is 2.94 bits per heavy atom. The molecular weight excluding hydrogens is 220 g/mol. The normalized spacial score (nSPS) is 14.8.